The number of nitrogens with one attached hydrogen (secondary N) is 3. The van der Waals surface area contributed by atoms with E-state index in [0.29, 0.717) is 10.8 Å². The Morgan fingerprint density at radius 3 is 2.79 bits per heavy atom. The Labute approximate surface area is 139 Å². The summed E-state index contributed by atoms with van der Waals surface area (Å²) in [5.74, 6) is -0.114. The second-order valence-electron chi connectivity index (χ2n) is 6.25. The molecule has 3 N–H and O–H groups in total. The van der Waals surface area contributed by atoms with Crippen LogP contribution < -0.4 is 21.8 Å². The van der Waals surface area contributed by atoms with Crippen molar-refractivity contribution in [3.63, 3.8) is 0 Å². The number of nitrogens with zero attached hydrogens (tertiary/aromatic N) is 1. The van der Waals surface area contributed by atoms with E-state index in [0.717, 1.165) is 19.4 Å². The quantitative estimate of drug-likeness (QED) is 0.753. The molecule has 2 atom stereocenters. The van der Waals surface area contributed by atoms with Crippen LogP contribution in [0, 0.1) is 0 Å². The summed E-state index contributed by atoms with van der Waals surface area (Å²) in [5.41, 5.74) is -0.610. The lowest BCUT2D eigenvalue weighted by Crippen LogP contribution is -2.52. The highest BCUT2D eigenvalue weighted by atomic mass is 16.2. The zero-order valence-electron chi connectivity index (χ0n) is 13.7. The molecule has 1 amide bonds. The van der Waals surface area contributed by atoms with E-state index in [4.69, 9.17) is 0 Å². The minimum atomic E-state index is -0.323. The molecule has 2 unspecified atom stereocenters. The molecule has 1 aromatic carbocycles. The van der Waals surface area contributed by atoms with Gasteiger partial charge in [0.1, 0.15) is 0 Å². The fourth-order valence-corrected chi connectivity index (χ4v) is 3.14. The van der Waals surface area contributed by atoms with Crippen LogP contribution in [0.3, 0.4) is 0 Å². The van der Waals surface area contributed by atoms with Crippen LogP contribution >= 0.6 is 0 Å². The summed E-state index contributed by atoms with van der Waals surface area (Å²) in [5, 5.41) is 9.61. The van der Waals surface area contributed by atoms with Crippen molar-refractivity contribution in [3.05, 3.63) is 45.0 Å². The monoisotopic (exact) mass is 330 g/mol. The number of fused-ring (bicyclic) bond motifs is 1. The van der Waals surface area contributed by atoms with Crippen molar-refractivity contribution < 1.29 is 4.79 Å². The van der Waals surface area contributed by atoms with E-state index in [9.17, 15) is 14.4 Å². The van der Waals surface area contributed by atoms with Crippen molar-refractivity contribution >= 4 is 16.7 Å². The first kappa shape index (κ1) is 16.4. The first-order valence-electron chi connectivity index (χ1n) is 8.31. The molecule has 0 aliphatic carbocycles. The molecule has 0 bridgehead atoms. The molecule has 1 aliphatic heterocycles. The van der Waals surface area contributed by atoms with Crippen molar-refractivity contribution in [3.8, 4) is 0 Å². The molecule has 1 aromatic heterocycles. The molecule has 128 valence electrons. The summed E-state index contributed by atoms with van der Waals surface area (Å²) >= 11 is 0. The minimum Gasteiger partial charge on any atom is -0.352 e. The highest BCUT2D eigenvalue weighted by molar-refractivity contribution is 5.80. The third kappa shape index (κ3) is 3.41. The highest BCUT2D eigenvalue weighted by Crippen LogP contribution is 2.08. The summed E-state index contributed by atoms with van der Waals surface area (Å²) in [6.45, 7) is 3.18. The third-order valence-electron chi connectivity index (χ3n) is 4.55. The Balaban J connectivity index is 1.69. The van der Waals surface area contributed by atoms with Gasteiger partial charge in [-0.2, -0.15) is 0 Å². The molecule has 1 saturated heterocycles. The van der Waals surface area contributed by atoms with Crippen molar-refractivity contribution in [1.29, 1.82) is 0 Å². The molecule has 7 nitrogen and oxygen atoms in total. The van der Waals surface area contributed by atoms with Crippen LogP contribution in [0.4, 0.5) is 0 Å². The van der Waals surface area contributed by atoms with Gasteiger partial charge < -0.3 is 10.6 Å². The van der Waals surface area contributed by atoms with Gasteiger partial charge in [0.15, 0.2) is 0 Å². The maximum Gasteiger partial charge on any atom is 0.273 e. The van der Waals surface area contributed by atoms with Crippen LogP contribution in [0.15, 0.2) is 33.9 Å². The standard InChI is InChI=1S/C17H22N4O3/c1-11-14(7-4-9-18-11)19-15(22)8-10-21-17(24)13-6-3-2-5-12(13)16(23)20-21/h2-3,5-6,11,14,18H,4,7-10H2,1H3,(H,19,22)(H,20,23). The lowest BCUT2D eigenvalue weighted by atomic mass is 10.00. The molecular formula is C17H22N4O3. The van der Waals surface area contributed by atoms with Crippen molar-refractivity contribution in [2.45, 2.75) is 44.8 Å². The molecule has 0 spiro atoms. The SMILES string of the molecule is CC1NCCCC1NC(=O)CCn1[nH]c(=O)c2ccccc2c1=O. The second kappa shape index (κ2) is 7.00. The van der Waals surface area contributed by atoms with Crippen molar-refractivity contribution in [1.82, 2.24) is 20.4 Å². The smallest absolute Gasteiger partial charge is 0.273 e. The molecule has 7 heteroatoms. The van der Waals surface area contributed by atoms with Crippen LogP contribution in [-0.4, -0.2) is 34.3 Å². The third-order valence-corrected chi connectivity index (χ3v) is 4.55. The minimum absolute atomic E-state index is 0.110. The number of aromatic nitrogens is 2. The Morgan fingerprint density at radius 2 is 2.04 bits per heavy atom. The molecule has 0 saturated carbocycles. The van der Waals surface area contributed by atoms with Gasteiger partial charge >= 0.3 is 0 Å². The Morgan fingerprint density at radius 1 is 1.29 bits per heavy atom. The van der Waals surface area contributed by atoms with Crippen LogP contribution in [0.5, 0.6) is 0 Å². The van der Waals surface area contributed by atoms with E-state index < -0.39 is 0 Å². The zero-order valence-corrected chi connectivity index (χ0v) is 13.7. The predicted molar refractivity (Wildman–Crippen MR) is 92.1 cm³/mol. The number of rotatable bonds is 4. The Kier molecular flexibility index (Phi) is 4.80. The zero-order chi connectivity index (χ0) is 17.1. The number of hydrogen-bond acceptors (Lipinski definition) is 4. The van der Waals surface area contributed by atoms with Gasteiger partial charge in [-0.1, -0.05) is 12.1 Å². The molecule has 2 aromatic rings. The molecule has 3 rings (SSSR count). The van der Waals surface area contributed by atoms with E-state index in [1.54, 1.807) is 24.3 Å². The number of aromatic amines is 1. The number of hydrogen-bond donors (Lipinski definition) is 3. The van der Waals surface area contributed by atoms with Crippen LogP contribution in [0.2, 0.25) is 0 Å². The van der Waals surface area contributed by atoms with Gasteiger partial charge in [-0.05, 0) is 38.4 Å². The van der Waals surface area contributed by atoms with E-state index >= 15 is 0 Å². The van der Waals surface area contributed by atoms with Gasteiger partial charge in [0.05, 0.1) is 17.3 Å². The largest absolute Gasteiger partial charge is 0.352 e. The number of aryl methyl sites for hydroxylation is 1. The average molecular weight is 330 g/mol. The summed E-state index contributed by atoms with van der Waals surface area (Å²) in [6, 6.07) is 7.03. The summed E-state index contributed by atoms with van der Waals surface area (Å²) in [6.07, 6.45) is 2.14. The first-order chi connectivity index (χ1) is 11.6. The lowest BCUT2D eigenvalue weighted by Gasteiger charge is -2.30. The van der Waals surface area contributed by atoms with E-state index in [1.807, 2.05) is 0 Å². The molecule has 1 aliphatic rings. The van der Waals surface area contributed by atoms with E-state index in [1.165, 1.54) is 4.68 Å². The average Bonchev–Trinajstić information content (AvgIpc) is 2.59. The number of H-pyrrole nitrogens is 1. The van der Waals surface area contributed by atoms with Crippen LogP contribution in [-0.2, 0) is 11.3 Å². The molecule has 1 fully saturated rings. The van der Waals surface area contributed by atoms with Gasteiger partial charge in [-0.15, -0.1) is 0 Å². The number of amides is 1. The summed E-state index contributed by atoms with van der Waals surface area (Å²) in [7, 11) is 0. The van der Waals surface area contributed by atoms with Gasteiger partial charge in [-0.25, -0.2) is 4.68 Å². The van der Waals surface area contributed by atoms with Gasteiger partial charge in [-0.3, -0.25) is 19.5 Å². The molecule has 0 radical (unpaired) electrons. The Bertz CT molecular complexity index is 855. The second-order valence-corrected chi connectivity index (χ2v) is 6.25. The summed E-state index contributed by atoms with van der Waals surface area (Å²) < 4.78 is 1.22. The highest BCUT2D eigenvalue weighted by Gasteiger charge is 2.22. The molecule has 24 heavy (non-hydrogen) atoms. The van der Waals surface area contributed by atoms with E-state index in [2.05, 4.69) is 22.7 Å². The first-order valence-corrected chi connectivity index (χ1v) is 8.31. The fourth-order valence-electron chi connectivity index (χ4n) is 3.14. The topological polar surface area (TPSA) is 96.0 Å². The van der Waals surface area contributed by atoms with Gasteiger partial charge in [0.25, 0.3) is 11.1 Å². The van der Waals surface area contributed by atoms with Crippen LogP contribution in [0.1, 0.15) is 26.2 Å². The van der Waals surface area contributed by atoms with Gasteiger partial charge in [0.2, 0.25) is 5.91 Å². The predicted octanol–water partition coefficient (Wildman–Crippen LogP) is 0.337. The van der Waals surface area contributed by atoms with Crippen molar-refractivity contribution in [2.24, 2.45) is 0 Å². The molecule has 2 heterocycles. The summed E-state index contributed by atoms with van der Waals surface area (Å²) in [4.78, 5) is 36.6. The number of benzene rings is 1. The van der Waals surface area contributed by atoms with E-state index in [-0.39, 0.29) is 42.1 Å². The number of carbonyl (C=O) groups is 1. The maximum absolute atomic E-state index is 12.4. The normalized spacial score (nSPS) is 20.9. The van der Waals surface area contributed by atoms with Crippen LogP contribution in [0.25, 0.3) is 10.8 Å². The lowest BCUT2D eigenvalue weighted by molar-refractivity contribution is -0.122. The van der Waals surface area contributed by atoms with Gasteiger partial charge in [0, 0.05) is 18.5 Å². The Hall–Kier alpha value is -2.41. The number of carbonyl (C=O) groups excluding carboxylic acids is 1. The van der Waals surface area contributed by atoms with Crippen molar-refractivity contribution in [2.75, 3.05) is 6.54 Å². The maximum atomic E-state index is 12.4. The number of piperidine rings is 1. The fraction of sp³-hybridized carbons (Fsp3) is 0.471. The molecular weight excluding hydrogens is 308 g/mol.